The summed E-state index contributed by atoms with van der Waals surface area (Å²) in [5.41, 5.74) is 0.976. The molecule has 1 aromatic rings. The average Bonchev–Trinajstić information content (AvgIpc) is 2.29. The largest absolute Gasteiger partial charge is 0.383 e. The van der Waals surface area contributed by atoms with Crippen LogP contribution in [-0.4, -0.2) is 31.5 Å². The van der Waals surface area contributed by atoms with Gasteiger partial charge in [0.15, 0.2) is 0 Å². The Balaban J connectivity index is 2.49. The number of benzene rings is 1. The zero-order valence-electron chi connectivity index (χ0n) is 10.3. The van der Waals surface area contributed by atoms with Gasteiger partial charge in [-0.05, 0) is 24.1 Å². The van der Waals surface area contributed by atoms with Crippen molar-refractivity contribution in [3.8, 4) is 0 Å². The van der Waals surface area contributed by atoms with Gasteiger partial charge in [-0.2, -0.15) is 0 Å². The summed E-state index contributed by atoms with van der Waals surface area (Å²) in [5, 5.41) is 2.92. The Morgan fingerprint density at radius 3 is 2.94 bits per heavy atom. The minimum Gasteiger partial charge on any atom is -0.383 e. The Hall–Kier alpha value is -0.580. The van der Waals surface area contributed by atoms with Gasteiger partial charge in [-0.25, -0.2) is 0 Å². The third-order valence-corrected chi connectivity index (χ3v) is 3.16. The highest BCUT2D eigenvalue weighted by atomic mass is 79.9. The van der Waals surface area contributed by atoms with Crippen LogP contribution >= 0.6 is 27.5 Å². The van der Waals surface area contributed by atoms with Crippen molar-refractivity contribution in [1.29, 1.82) is 0 Å². The van der Waals surface area contributed by atoms with E-state index in [1.165, 1.54) is 0 Å². The standard InChI is InChI=1S/C13H17BrClNO2/c1-18-9-12(5-6-15)16-13(17)8-10-3-2-4-11(14)7-10/h2-4,7,12H,5-6,8-9H2,1H3,(H,16,17). The Bertz CT molecular complexity index is 381. The molecule has 0 aliphatic rings. The van der Waals surface area contributed by atoms with E-state index in [-0.39, 0.29) is 11.9 Å². The van der Waals surface area contributed by atoms with Crippen molar-refractivity contribution < 1.29 is 9.53 Å². The topological polar surface area (TPSA) is 38.3 Å². The minimum atomic E-state index is -0.0212. The zero-order valence-corrected chi connectivity index (χ0v) is 12.6. The lowest BCUT2D eigenvalue weighted by atomic mass is 10.1. The number of nitrogens with one attached hydrogen (secondary N) is 1. The predicted molar refractivity (Wildman–Crippen MR) is 77.0 cm³/mol. The van der Waals surface area contributed by atoms with E-state index in [2.05, 4.69) is 21.2 Å². The first-order valence-electron chi connectivity index (χ1n) is 5.74. The van der Waals surface area contributed by atoms with Crippen LogP contribution in [0.1, 0.15) is 12.0 Å². The summed E-state index contributed by atoms with van der Waals surface area (Å²) in [7, 11) is 1.61. The maximum Gasteiger partial charge on any atom is 0.224 e. The Morgan fingerprint density at radius 1 is 1.56 bits per heavy atom. The number of hydrogen-bond donors (Lipinski definition) is 1. The molecule has 0 aromatic heterocycles. The smallest absolute Gasteiger partial charge is 0.224 e. The number of methoxy groups -OCH3 is 1. The van der Waals surface area contributed by atoms with Crippen molar-refractivity contribution in [2.75, 3.05) is 19.6 Å². The van der Waals surface area contributed by atoms with Crippen molar-refractivity contribution in [3.05, 3.63) is 34.3 Å². The van der Waals surface area contributed by atoms with E-state index in [4.69, 9.17) is 16.3 Å². The molecule has 0 aliphatic carbocycles. The fraction of sp³-hybridized carbons (Fsp3) is 0.462. The summed E-state index contributed by atoms with van der Waals surface area (Å²) in [6.45, 7) is 0.483. The molecule has 18 heavy (non-hydrogen) atoms. The summed E-state index contributed by atoms with van der Waals surface area (Å²) < 4.78 is 6.02. The van der Waals surface area contributed by atoms with Crippen molar-refractivity contribution in [1.82, 2.24) is 5.32 Å². The fourth-order valence-corrected chi connectivity index (χ4v) is 2.35. The molecule has 3 nitrogen and oxygen atoms in total. The van der Waals surface area contributed by atoms with Gasteiger partial charge in [0.05, 0.1) is 19.1 Å². The van der Waals surface area contributed by atoms with Gasteiger partial charge in [0.1, 0.15) is 0 Å². The number of ether oxygens (including phenoxy) is 1. The number of halogens is 2. The van der Waals surface area contributed by atoms with E-state index in [0.717, 1.165) is 10.0 Å². The van der Waals surface area contributed by atoms with Crippen LogP contribution in [0.3, 0.4) is 0 Å². The second-order valence-electron chi connectivity index (χ2n) is 4.00. The molecule has 1 aromatic carbocycles. The molecule has 0 spiro atoms. The quantitative estimate of drug-likeness (QED) is 0.779. The summed E-state index contributed by atoms with van der Waals surface area (Å²) in [4.78, 5) is 11.9. The minimum absolute atomic E-state index is 0.0136. The first kappa shape index (κ1) is 15.5. The maximum absolute atomic E-state index is 11.9. The van der Waals surface area contributed by atoms with Gasteiger partial charge in [-0.15, -0.1) is 11.6 Å². The molecule has 1 atom stereocenters. The molecule has 100 valence electrons. The molecule has 1 rings (SSSR count). The summed E-state index contributed by atoms with van der Waals surface area (Å²) in [6.07, 6.45) is 1.07. The molecule has 0 saturated heterocycles. The molecule has 1 amide bonds. The van der Waals surface area contributed by atoms with Crippen molar-refractivity contribution in [2.45, 2.75) is 18.9 Å². The molecular weight excluding hydrogens is 318 g/mol. The van der Waals surface area contributed by atoms with Crippen LogP contribution in [0.4, 0.5) is 0 Å². The summed E-state index contributed by atoms with van der Waals surface area (Å²) in [6, 6.07) is 7.69. The fourth-order valence-electron chi connectivity index (χ4n) is 1.64. The number of alkyl halides is 1. The first-order valence-corrected chi connectivity index (χ1v) is 7.07. The Kier molecular flexibility index (Phi) is 7.32. The molecule has 0 aliphatic heterocycles. The van der Waals surface area contributed by atoms with Crippen molar-refractivity contribution >= 4 is 33.4 Å². The van der Waals surface area contributed by atoms with E-state index in [1.807, 2.05) is 24.3 Å². The SMILES string of the molecule is COCC(CCCl)NC(=O)Cc1cccc(Br)c1. The highest BCUT2D eigenvalue weighted by Crippen LogP contribution is 2.12. The summed E-state index contributed by atoms with van der Waals surface area (Å²) in [5.74, 6) is 0.492. The average molecular weight is 335 g/mol. The molecule has 0 radical (unpaired) electrons. The number of rotatable bonds is 7. The van der Waals surface area contributed by atoms with Crippen LogP contribution < -0.4 is 5.32 Å². The second-order valence-corrected chi connectivity index (χ2v) is 5.30. The molecule has 0 heterocycles. The van der Waals surface area contributed by atoms with Crippen molar-refractivity contribution in [3.63, 3.8) is 0 Å². The molecule has 1 unspecified atom stereocenters. The van der Waals surface area contributed by atoms with Gasteiger partial charge in [-0.1, -0.05) is 28.1 Å². The number of carbonyl (C=O) groups excluding carboxylic acids is 1. The van der Waals surface area contributed by atoms with E-state index < -0.39 is 0 Å². The van der Waals surface area contributed by atoms with E-state index >= 15 is 0 Å². The number of carbonyl (C=O) groups is 1. The highest BCUT2D eigenvalue weighted by molar-refractivity contribution is 9.10. The lowest BCUT2D eigenvalue weighted by molar-refractivity contribution is -0.121. The van der Waals surface area contributed by atoms with Crippen LogP contribution in [0, 0.1) is 0 Å². The maximum atomic E-state index is 11.9. The van der Waals surface area contributed by atoms with Crippen LogP contribution in [-0.2, 0) is 16.0 Å². The summed E-state index contributed by atoms with van der Waals surface area (Å²) >= 11 is 9.07. The Labute approximate surface area is 121 Å². The third kappa shape index (κ3) is 5.85. The van der Waals surface area contributed by atoms with Crippen LogP contribution in [0.2, 0.25) is 0 Å². The lowest BCUT2D eigenvalue weighted by Gasteiger charge is -2.16. The second kappa shape index (κ2) is 8.51. The molecular formula is C13H17BrClNO2. The normalized spacial score (nSPS) is 12.2. The molecule has 0 fully saturated rings. The third-order valence-electron chi connectivity index (χ3n) is 2.44. The first-order chi connectivity index (χ1) is 8.65. The number of hydrogen-bond acceptors (Lipinski definition) is 2. The van der Waals surface area contributed by atoms with Gasteiger partial charge in [0, 0.05) is 17.5 Å². The predicted octanol–water partition coefficient (Wildman–Crippen LogP) is 2.75. The van der Waals surface area contributed by atoms with Crippen LogP contribution in [0.5, 0.6) is 0 Å². The monoisotopic (exact) mass is 333 g/mol. The molecule has 0 saturated carbocycles. The Morgan fingerprint density at radius 2 is 2.33 bits per heavy atom. The van der Waals surface area contributed by atoms with Gasteiger partial charge >= 0.3 is 0 Å². The van der Waals surface area contributed by atoms with Gasteiger partial charge in [0.25, 0.3) is 0 Å². The highest BCUT2D eigenvalue weighted by Gasteiger charge is 2.12. The van der Waals surface area contributed by atoms with E-state index in [1.54, 1.807) is 7.11 Å². The zero-order chi connectivity index (χ0) is 13.4. The molecule has 1 N–H and O–H groups in total. The van der Waals surface area contributed by atoms with Crippen LogP contribution in [0.15, 0.2) is 28.7 Å². The van der Waals surface area contributed by atoms with Gasteiger partial charge < -0.3 is 10.1 Å². The van der Waals surface area contributed by atoms with Gasteiger partial charge in [0.2, 0.25) is 5.91 Å². The lowest BCUT2D eigenvalue weighted by Crippen LogP contribution is -2.39. The van der Waals surface area contributed by atoms with Crippen molar-refractivity contribution in [2.24, 2.45) is 0 Å². The van der Waals surface area contributed by atoms with Crippen LogP contribution in [0.25, 0.3) is 0 Å². The van der Waals surface area contributed by atoms with E-state index in [9.17, 15) is 4.79 Å². The molecule has 5 heteroatoms. The number of amides is 1. The van der Waals surface area contributed by atoms with E-state index in [0.29, 0.717) is 25.3 Å². The molecule has 0 bridgehead atoms. The van der Waals surface area contributed by atoms with Gasteiger partial charge in [-0.3, -0.25) is 4.79 Å².